The molecule has 0 radical (unpaired) electrons. The molecule has 2 rings (SSSR count). The first-order valence-electron chi connectivity index (χ1n) is 5.62. The van der Waals surface area contributed by atoms with Crippen molar-refractivity contribution in [2.75, 3.05) is 0 Å². The Kier molecular flexibility index (Phi) is 3.61. The van der Waals surface area contributed by atoms with Crippen LogP contribution in [0, 0.1) is 5.92 Å². The minimum atomic E-state index is -1.42. The molecule has 0 amide bonds. The number of aliphatic carboxylic acids is 2. The molecule has 0 aliphatic carbocycles. The van der Waals surface area contributed by atoms with Gasteiger partial charge in [0.1, 0.15) is 0 Å². The lowest BCUT2D eigenvalue weighted by atomic mass is 9.99. The Bertz CT molecular complexity index is 561. The number of nitrogens with zero attached hydrogens (tertiary/aromatic N) is 2. The van der Waals surface area contributed by atoms with Gasteiger partial charge < -0.3 is 10.2 Å². The van der Waals surface area contributed by atoms with Crippen molar-refractivity contribution in [3.05, 3.63) is 48.3 Å². The van der Waals surface area contributed by atoms with E-state index in [2.05, 4.69) is 5.10 Å². The molecule has 0 aliphatic heterocycles. The number of carbonyl (C=O) groups is 2. The maximum atomic E-state index is 10.8. The number of carboxylic acid groups (broad SMARTS) is 2. The summed E-state index contributed by atoms with van der Waals surface area (Å²) in [5.74, 6) is -4.08. The van der Waals surface area contributed by atoms with Gasteiger partial charge in [0.05, 0.1) is 5.69 Å². The van der Waals surface area contributed by atoms with Gasteiger partial charge >= 0.3 is 11.9 Å². The lowest BCUT2D eigenvalue weighted by Crippen LogP contribution is -2.25. The lowest BCUT2D eigenvalue weighted by Gasteiger charge is -2.08. The van der Waals surface area contributed by atoms with Gasteiger partial charge in [-0.1, -0.05) is 12.1 Å². The average Bonchev–Trinajstić information content (AvgIpc) is 2.89. The quantitative estimate of drug-likeness (QED) is 0.788. The number of aromatic nitrogens is 2. The van der Waals surface area contributed by atoms with E-state index in [1.54, 1.807) is 47.4 Å². The summed E-state index contributed by atoms with van der Waals surface area (Å²) in [5.41, 5.74) is 1.49. The monoisotopic (exact) mass is 260 g/mol. The number of hydrogen-bond donors (Lipinski definition) is 2. The van der Waals surface area contributed by atoms with Gasteiger partial charge in [0.25, 0.3) is 0 Å². The molecule has 0 spiro atoms. The second kappa shape index (κ2) is 5.34. The molecule has 1 aromatic heterocycles. The Morgan fingerprint density at radius 3 is 2.26 bits per heavy atom. The van der Waals surface area contributed by atoms with E-state index in [0.717, 1.165) is 5.69 Å². The minimum Gasteiger partial charge on any atom is -0.481 e. The molecule has 6 heteroatoms. The highest BCUT2D eigenvalue weighted by atomic mass is 16.4. The Hall–Kier alpha value is -2.63. The van der Waals surface area contributed by atoms with Crippen LogP contribution in [0.15, 0.2) is 42.7 Å². The normalized spacial score (nSPS) is 10.6. The van der Waals surface area contributed by atoms with Crippen LogP contribution in [0.2, 0.25) is 0 Å². The second-order valence-electron chi connectivity index (χ2n) is 4.05. The maximum Gasteiger partial charge on any atom is 0.318 e. The van der Waals surface area contributed by atoms with Crippen LogP contribution >= 0.6 is 0 Å². The predicted octanol–water partition coefficient (Wildman–Crippen LogP) is 1.20. The molecular weight excluding hydrogens is 248 g/mol. The molecule has 0 unspecified atom stereocenters. The van der Waals surface area contributed by atoms with Crippen molar-refractivity contribution in [2.45, 2.75) is 6.42 Å². The fourth-order valence-electron chi connectivity index (χ4n) is 1.72. The van der Waals surface area contributed by atoms with Gasteiger partial charge in [-0.25, -0.2) is 4.68 Å². The summed E-state index contributed by atoms with van der Waals surface area (Å²) in [4.78, 5) is 21.6. The molecule has 0 saturated carbocycles. The van der Waals surface area contributed by atoms with Crippen LogP contribution in [0.25, 0.3) is 5.69 Å². The standard InChI is InChI=1S/C13H12N2O4/c16-12(17)11(13(18)19)8-9-2-4-10(5-3-9)15-7-1-6-14-15/h1-7,11H,8H2,(H,16,17)(H,18,19). The maximum absolute atomic E-state index is 10.8. The Morgan fingerprint density at radius 2 is 1.79 bits per heavy atom. The Labute approximate surface area is 108 Å². The third kappa shape index (κ3) is 2.98. The summed E-state index contributed by atoms with van der Waals surface area (Å²) in [6, 6.07) is 8.73. The van der Waals surface area contributed by atoms with Gasteiger partial charge in [-0.15, -0.1) is 0 Å². The van der Waals surface area contributed by atoms with E-state index in [1.165, 1.54) is 0 Å². The Morgan fingerprint density at radius 1 is 1.16 bits per heavy atom. The zero-order valence-corrected chi connectivity index (χ0v) is 9.93. The Balaban J connectivity index is 2.15. The third-order valence-corrected chi connectivity index (χ3v) is 2.74. The molecule has 0 saturated heterocycles. The zero-order chi connectivity index (χ0) is 13.8. The van der Waals surface area contributed by atoms with E-state index >= 15 is 0 Å². The predicted molar refractivity (Wildman–Crippen MR) is 66.0 cm³/mol. The average molecular weight is 260 g/mol. The van der Waals surface area contributed by atoms with Gasteiger partial charge in [-0.2, -0.15) is 5.10 Å². The summed E-state index contributed by atoms with van der Waals surface area (Å²) in [6.07, 6.45) is 3.40. The van der Waals surface area contributed by atoms with E-state index in [0.29, 0.717) is 5.56 Å². The summed E-state index contributed by atoms with van der Waals surface area (Å²) >= 11 is 0. The fourth-order valence-corrected chi connectivity index (χ4v) is 1.72. The first kappa shape index (κ1) is 12.8. The molecular formula is C13H12N2O4. The summed E-state index contributed by atoms with van der Waals surface area (Å²) < 4.78 is 1.66. The second-order valence-corrected chi connectivity index (χ2v) is 4.05. The van der Waals surface area contributed by atoms with Crippen molar-refractivity contribution >= 4 is 11.9 Å². The molecule has 0 atom stereocenters. The van der Waals surface area contributed by atoms with Crippen molar-refractivity contribution in [1.82, 2.24) is 9.78 Å². The van der Waals surface area contributed by atoms with Gasteiger partial charge in [0.2, 0.25) is 0 Å². The van der Waals surface area contributed by atoms with Gasteiger partial charge in [0, 0.05) is 12.4 Å². The lowest BCUT2D eigenvalue weighted by molar-refractivity contribution is -0.154. The van der Waals surface area contributed by atoms with Crippen molar-refractivity contribution in [3.8, 4) is 5.69 Å². The van der Waals surface area contributed by atoms with Crippen LogP contribution in [0.1, 0.15) is 5.56 Å². The van der Waals surface area contributed by atoms with Crippen LogP contribution in [0.5, 0.6) is 0 Å². The molecule has 19 heavy (non-hydrogen) atoms. The highest BCUT2D eigenvalue weighted by Crippen LogP contribution is 2.13. The topological polar surface area (TPSA) is 92.4 Å². The summed E-state index contributed by atoms with van der Waals surface area (Å²) in [5, 5.41) is 21.7. The molecule has 0 bridgehead atoms. The van der Waals surface area contributed by atoms with Gasteiger partial charge in [0.15, 0.2) is 5.92 Å². The van der Waals surface area contributed by atoms with Crippen LogP contribution < -0.4 is 0 Å². The van der Waals surface area contributed by atoms with E-state index < -0.39 is 17.9 Å². The minimum absolute atomic E-state index is 0.0376. The van der Waals surface area contributed by atoms with E-state index in [9.17, 15) is 9.59 Å². The number of benzene rings is 1. The van der Waals surface area contributed by atoms with E-state index in [1.807, 2.05) is 0 Å². The molecule has 0 fully saturated rings. The highest BCUT2D eigenvalue weighted by Gasteiger charge is 2.25. The molecule has 0 aliphatic rings. The van der Waals surface area contributed by atoms with Crippen LogP contribution in [0.4, 0.5) is 0 Å². The molecule has 1 heterocycles. The van der Waals surface area contributed by atoms with E-state index in [4.69, 9.17) is 10.2 Å². The van der Waals surface area contributed by atoms with Gasteiger partial charge in [-0.3, -0.25) is 9.59 Å². The zero-order valence-electron chi connectivity index (χ0n) is 9.93. The fraction of sp³-hybridized carbons (Fsp3) is 0.154. The van der Waals surface area contributed by atoms with Crippen LogP contribution in [0.3, 0.4) is 0 Å². The van der Waals surface area contributed by atoms with Gasteiger partial charge in [-0.05, 0) is 30.2 Å². The first-order chi connectivity index (χ1) is 9.08. The first-order valence-corrected chi connectivity index (χ1v) is 5.62. The number of carboxylic acids is 2. The van der Waals surface area contributed by atoms with Crippen LogP contribution in [-0.4, -0.2) is 31.9 Å². The third-order valence-electron chi connectivity index (χ3n) is 2.74. The van der Waals surface area contributed by atoms with Crippen molar-refractivity contribution in [2.24, 2.45) is 5.92 Å². The van der Waals surface area contributed by atoms with E-state index in [-0.39, 0.29) is 6.42 Å². The summed E-state index contributed by atoms with van der Waals surface area (Å²) in [6.45, 7) is 0. The molecule has 2 N–H and O–H groups in total. The number of hydrogen-bond acceptors (Lipinski definition) is 3. The van der Waals surface area contributed by atoms with Crippen molar-refractivity contribution in [3.63, 3.8) is 0 Å². The van der Waals surface area contributed by atoms with Crippen molar-refractivity contribution < 1.29 is 19.8 Å². The SMILES string of the molecule is O=C(O)C(Cc1ccc(-n2cccn2)cc1)C(=O)O. The summed E-state index contributed by atoms with van der Waals surface area (Å²) in [7, 11) is 0. The molecule has 1 aromatic carbocycles. The smallest absolute Gasteiger partial charge is 0.318 e. The number of rotatable bonds is 5. The van der Waals surface area contributed by atoms with Crippen molar-refractivity contribution in [1.29, 1.82) is 0 Å². The van der Waals surface area contributed by atoms with Crippen LogP contribution in [-0.2, 0) is 16.0 Å². The largest absolute Gasteiger partial charge is 0.481 e. The molecule has 6 nitrogen and oxygen atoms in total. The molecule has 98 valence electrons. The highest BCUT2D eigenvalue weighted by molar-refractivity contribution is 5.93. The molecule has 2 aromatic rings.